The molecule has 4 atom stereocenters. The van der Waals surface area contributed by atoms with Crippen molar-refractivity contribution in [2.75, 3.05) is 6.54 Å². The molecule has 1 aliphatic carbocycles. The number of unbranched alkanes of at least 4 members (excludes halogenated alkanes) is 2. The molecule has 2 amide bonds. The van der Waals surface area contributed by atoms with Gasteiger partial charge in [0.05, 0.1) is 23.0 Å². The largest absolute Gasteiger partial charge is 0.508 e. The number of fused-ring (bicyclic) bond motifs is 3. The van der Waals surface area contributed by atoms with Crippen molar-refractivity contribution in [2.45, 2.75) is 71.2 Å². The van der Waals surface area contributed by atoms with Crippen LogP contribution in [0.15, 0.2) is 59.7 Å². The van der Waals surface area contributed by atoms with Crippen molar-refractivity contribution < 1.29 is 34.3 Å². The monoisotopic (exact) mass is 633 g/mol. The van der Waals surface area contributed by atoms with Crippen molar-refractivity contribution >= 4 is 48.2 Å². The molecule has 5 rings (SSSR count). The van der Waals surface area contributed by atoms with Crippen LogP contribution < -0.4 is 0 Å². The van der Waals surface area contributed by atoms with Crippen molar-refractivity contribution in [3.8, 4) is 5.75 Å². The number of aliphatic carboxylic acids is 1. The first kappa shape index (κ1) is 33.0. The number of phenolic OH excluding ortho intramolecular Hbond substituents is 1. The maximum absolute atomic E-state index is 13.8. The highest BCUT2D eigenvalue weighted by Crippen LogP contribution is 2.52. The zero-order chi connectivity index (χ0) is 32.2. The fraction of sp³-hybridized carbons (Fsp3) is 0.457. The van der Waals surface area contributed by atoms with E-state index in [1.807, 2.05) is 36.4 Å². The number of aromatic hydroxyl groups is 1. The molecule has 8 nitrogen and oxygen atoms in total. The van der Waals surface area contributed by atoms with E-state index in [4.69, 9.17) is 21.4 Å². The van der Waals surface area contributed by atoms with E-state index in [9.17, 15) is 24.5 Å². The van der Waals surface area contributed by atoms with Crippen LogP contribution in [0.5, 0.6) is 5.75 Å². The molecular weight excluding hydrogens is 593 g/mol. The maximum atomic E-state index is 13.8. The smallest absolute Gasteiger partial charge is 0.455 e. The van der Waals surface area contributed by atoms with Gasteiger partial charge in [-0.3, -0.25) is 19.3 Å². The van der Waals surface area contributed by atoms with Crippen LogP contribution in [0.4, 0.5) is 0 Å². The molecule has 0 unspecified atom stereocenters. The zero-order valence-corrected chi connectivity index (χ0v) is 26.6. The highest BCUT2D eigenvalue weighted by molar-refractivity contribution is 6.43. The molecule has 3 aliphatic rings. The summed E-state index contributed by atoms with van der Waals surface area (Å²) >= 11 is 6.47. The molecular formula is C35H41BClNO7. The number of hydrogen-bond donors (Lipinski definition) is 3. The third-order valence-corrected chi connectivity index (χ3v) is 9.77. The summed E-state index contributed by atoms with van der Waals surface area (Å²) in [4.78, 5) is 39.6. The SMILES string of the molecule is CC(C)C1=C2[C@@H](CC/C(=C/c3ccc(O)cc3Cl)c3ccccc3)OB(O)C[C@@H]2[C@@H]2C(=O)N(CCCCCC(=O)O)C(=O)[C@@H]2C1. The first-order valence-electron chi connectivity index (χ1n) is 15.9. The lowest BCUT2D eigenvalue weighted by Gasteiger charge is -2.44. The summed E-state index contributed by atoms with van der Waals surface area (Å²) in [6.45, 7) is 4.49. The number of carbonyl (C=O) groups is 3. The maximum Gasteiger partial charge on any atom is 0.455 e. The number of imide groups is 1. The summed E-state index contributed by atoms with van der Waals surface area (Å²) in [6, 6.07) is 14.8. The third-order valence-electron chi connectivity index (χ3n) is 9.44. The normalized spacial score (nSPS) is 23.5. The predicted octanol–water partition coefficient (Wildman–Crippen LogP) is 6.46. The van der Waals surface area contributed by atoms with Crippen LogP contribution in [-0.4, -0.2) is 57.7 Å². The number of likely N-dealkylation sites (tertiary alicyclic amines) is 1. The van der Waals surface area contributed by atoms with Crippen LogP contribution in [0.3, 0.4) is 0 Å². The summed E-state index contributed by atoms with van der Waals surface area (Å²) in [5, 5.41) is 30.1. The number of benzene rings is 2. The van der Waals surface area contributed by atoms with Crippen molar-refractivity contribution in [1.29, 1.82) is 0 Å². The Balaban J connectivity index is 1.40. The number of phenols is 1. The Labute approximate surface area is 269 Å². The number of amides is 2. The molecule has 2 aliphatic heterocycles. The van der Waals surface area contributed by atoms with Gasteiger partial charge in [0.2, 0.25) is 11.8 Å². The minimum absolute atomic E-state index is 0.0721. The Morgan fingerprint density at radius 2 is 1.82 bits per heavy atom. The number of hydrogen-bond acceptors (Lipinski definition) is 6. The van der Waals surface area contributed by atoms with Gasteiger partial charge in [0.25, 0.3) is 0 Å². The third kappa shape index (κ3) is 7.37. The highest BCUT2D eigenvalue weighted by atomic mass is 35.5. The predicted molar refractivity (Wildman–Crippen MR) is 174 cm³/mol. The fourth-order valence-electron chi connectivity index (χ4n) is 7.32. The molecule has 0 bridgehead atoms. The molecule has 10 heteroatoms. The second kappa shape index (κ2) is 14.4. The second-order valence-electron chi connectivity index (χ2n) is 12.7. The number of rotatable bonds is 12. The van der Waals surface area contributed by atoms with Crippen LogP contribution in [0.1, 0.15) is 69.9 Å². The van der Waals surface area contributed by atoms with E-state index in [2.05, 4.69) is 13.8 Å². The van der Waals surface area contributed by atoms with Gasteiger partial charge in [-0.2, -0.15) is 0 Å². The molecule has 45 heavy (non-hydrogen) atoms. The van der Waals surface area contributed by atoms with Gasteiger partial charge in [0.15, 0.2) is 0 Å². The molecule has 3 N–H and O–H groups in total. The zero-order valence-electron chi connectivity index (χ0n) is 25.8. The fourth-order valence-corrected chi connectivity index (χ4v) is 7.55. The van der Waals surface area contributed by atoms with E-state index in [-0.39, 0.29) is 48.7 Å². The number of carboxylic acid groups (broad SMARTS) is 1. The number of allylic oxidation sites excluding steroid dienone is 2. The van der Waals surface area contributed by atoms with Crippen molar-refractivity contribution in [3.05, 3.63) is 75.8 Å². The van der Waals surface area contributed by atoms with Crippen LogP contribution in [0.2, 0.25) is 11.3 Å². The molecule has 238 valence electrons. The summed E-state index contributed by atoms with van der Waals surface area (Å²) in [5.41, 5.74) is 5.00. The van der Waals surface area contributed by atoms with Crippen LogP contribution >= 0.6 is 11.6 Å². The molecule has 2 fully saturated rings. The van der Waals surface area contributed by atoms with Gasteiger partial charge in [-0.25, -0.2) is 0 Å². The topological polar surface area (TPSA) is 124 Å². The van der Waals surface area contributed by atoms with Gasteiger partial charge < -0.3 is 19.9 Å². The Morgan fingerprint density at radius 1 is 1.07 bits per heavy atom. The lowest BCUT2D eigenvalue weighted by atomic mass is 9.57. The molecule has 2 saturated heterocycles. The van der Waals surface area contributed by atoms with E-state index in [1.165, 1.54) is 11.0 Å². The van der Waals surface area contributed by atoms with Gasteiger partial charge in [0, 0.05) is 13.0 Å². The number of halogens is 1. The Morgan fingerprint density at radius 3 is 2.51 bits per heavy atom. The summed E-state index contributed by atoms with van der Waals surface area (Å²) in [7, 11) is -1.06. The van der Waals surface area contributed by atoms with E-state index < -0.39 is 31.0 Å². The van der Waals surface area contributed by atoms with Gasteiger partial charge in [-0.05, 0) is 96.8 Å². The minimum Gasteiger partial charge on any atom is -0.508 e. The van der Waals surface area contributed by atoms with Crippen molar-refractivity contribution in [2.24, 2.45) is 23.7 Å². The number of nitrogens with zero attached hydrogens (tertiary/aromatic N) is 1. The first-order valence-corrected chi connectivity index (χ1v) is 16.3. The summed E-state index contributed by atoms with van der Waals surface area (Å²) in [6.07, 6.45) is 5.28. The molecule has 2 aromatic rings. The van der Waals surface area contributed by atoms with Crippen LogP contribution in [0.25, 0.3) is 11.6 Å². The lowest BCUT2D eigenvalue weighted by molar-refractivity contribution is -0.141. The molecule has 0 aromatic heterocycles. The average Bonchev–Trinajstić information content (AvgIpc) is 3.24. The summed E-state index contributed by atoms with van der Waals surface area (Å²) in [5.74, 6) is -2.24. The second-order valence-corrected chi connectivity index (χ2v) is 13.1. The van der Waals surface area contributed by atoms with Gasteiger partial charge in [-0.1, -0.05) is 67.8 Å². The number of carbonyl (C=O) groups excluding carboxylic acids is 2. The Kier molecular flexibility index (Phi) is 10.5. The van der Waals surface area contributed by atoms with E-state index in [1.54, 1.807) is 12.1 Å². The van der Waals surface area contributed by atoms with Crippen LogP contribution in [-0.2, 0) is 19.0 Å². The van der Waals surface area contributed by atoms with Crippen LogP contribution in [0, 0.1) is 23.7 Å². The highest BCUT2D eigenvalue weighted by Gasteiger charge is 2.57. The van der Waals surface area contributed by atoms with E-state index in [0.29, 0.717) is 43.5 Å². The van der Waals surface area contributed by atoms with Gasteiger partial charge in [-0.15, -0.1) is 0 Å². The first-order chi connectivity index (χ1) is 21.5. The van der Waals surface area contributed by atoms with Gasteiger partial charge >= 0.3 is 13.1 Å². The summed E-state index contributed by atoms with van der Waals surface area (Å²) < 4.78 is 6.21. The quantitative estimate of drug-likeness (QED) is 0.0805. The molecule has 0 saturated carbocycles. The standard InChI is InChI=1S/C35H41BClNO7/c1-21(2)26-19-27-33(35(43)38(34(27)42)16-8-4-7-11-31(40)41)28-20-36(44)45-30(32(26)28)15-13-23(22-9-5-3-6-10-22)17-24-12-14-25(39)18-29(24)37/h3,5-6,9-10,12,14,17-18,21,27-28,30,33,39,44H,4,7-8,11,13,15-16,19-20H2,1-2H3,(H,40,41)/b23-17-/t27-,28+,30-,33-/m1/s1. The van der Waals surface area contributed by atoms with Crippen molar-refractivity contribution in [1.82, 2.24) is 4.90 Å². The number of carboxylic acids is 1. The Bertz CT molecular complexity index is 1490. The lowest BCUT2D eigenvalue weighted by Crippen LogP contribution is -2.46. The molecule has 0 radical (unpaired) electrons. The van der Waals surface area contributed by atoms with E-state index >= 15 is 0 Å². The molecule has 2 aromatic carbocycles. The van der Waals surface area contributed by atoms with E-state index in [0.717, 1.165) is 27.8 Å². The minimum atomic E-state index is -1.06. The average molecular weight is 634 g/mol. The molecule has 2 heterocycles. The molecule has 0 spiro atoms. The Hall–Kier alpha value is -3.40. The van der Waals surface area contributed by atoms with Gasteiger partial charge in [0.1, 0.15) is 5.75 Å². The van der Waals surface area contributed by atoms with Crippen molar-refractivity contribution in [3.63, 3.8) is 0 Å².